The number of carbonyl (C=O) groups is 1. The summed E-state index contributed by atoms with van der Waals surface area (Å²) >= 11 is 0. The zero-order chi connectivity index (χ0) is 22.3. The van der Waals surface area contributed by atoms with Crippen LogP contribution >= 0.6 is 0 Å². The highest BCUT2D eigenvalue weighted by Gasteiger charge is 2.17. The van der Waals surface area contributed by atoms with Gasteiger partial charge in [-0.2, -0.15) is 0 Å². The van der Waals surface area contributed by atoms with E-state index < -0.39 is 10.0 Å². The number of pyridine rings is 1. The molecule has 0 unspecified atom stereocenters. The van der Waals surface area contributed by atoms with E-state index in [0.717, 1.165) is 17.4 Å². The van der Waals surface area contributed by atoms with Crippen LogP contribution in [0.5, 0.6) is 5.75 Å². The van der Waals surface area contributed by atoms with Crippen LogP contribution in [0.25, 0.3) is 10.9 Å². The molecule has 0 aliphatic carbocycles. The molecule has 9 heteroatoms. The van der Waals surface area contributed by atoms with E-state index in [-0.39, 0.29) is 11.4 Å². The number of nitrogens with two attached hydrogens (primary N) is 1. The van der Waals surface area contributed by atoms with Crippen molar-refractivity contribution in [2.45, 2.75) is 25.3 Å². The molecule has 160 valence electrons. The highest BCUT2D eigenvalue weighted by Crippen LogP contribution is 2.35. The Balaban J connectivity index is 0.00000155. The molecule has 1 heterocycles. The molecule has 0 saturated heterocycles. The minimum atomic E-state index is -3.77. The quantitative estimate of drug-likeness (QED) is 0.557. The van der Waals surface area contributed by atoms with Crippen molar-refractivity contribution in [1.82, 2.24) is 4.98 Å². The largest absolute Gasteiger partial charge is 0.497 e. The average Bonchev–Trinajstić information content (AvgIpc) is 2.77. The highest BCUT2D eigenvalue weighted by molar-refractivity contribution is 7.89. The van der Waals surface area contributed by atoms with Gasteiger partial charge in [-0.3, -0.25) is 9.78 Å². The van der Waals surface area contributed by atoms with Crippen LogP contribution in [-0.2, 0) is 21.4 Å². The number of aromatic nitrogens is 1. The fourth-order valence-electron chi connectivity index (χ4n) is 2.93. The van der Waals surface area contributed by atoms with Crippen molar-refractivity contribution in [2.75, 3.05) is 24.4 Å². The Morgan fingerprint density at radius 2 is 1.83 bits per heavy atom. The van der Waals surface area contributed by atoms with Crippen molar-refractivity contribution >= 4 is 38.7 Å². The molecule has 0 saturated carbocycles. The summed E-state index contributed by atoms with van der Waals surface area (Å²) in [6.07, 6.45) is 2.38. The summed E-state index contributed by atoms with van der Waals surface area (Å²) in [5, 5.41) is 8.96. The van der Waals surface area contributed by atoms with Crippen LogP contribution in [0.4, 0.5) is 11.4 Å². The van der Waals surface area contributed by atoms with Crippen LogP contribution in [0, 0.1) is 0 Å². The van der Waals surface area contributed by atoms with E-state index in [1.807, 2.05) is 19.9 Å². The first-order chi connectivity index (χ1) is 14.4. The molecule has 0 atom stereocenters. The number of nitrogens with zero attached hydrogens (tertiary/aromatic N) is 2. The lowest BCUT2D eigenvalue weighted by Gasteiger charge is -2.23. The highest BCUT2D eigenvalue weighted by atomic mass is 32.2. The van der Waals surface area contributed by atoms with Gasteiger partial charge < -0.3 is 15.0 Å². The summed E-state index contributed by atoms with van der Waals surface area (Å²) in [5.74, 6) is 0.666. The fourth-order valence-corrected chi connectivity index (χ4v) is 3.44. The first-order valence-corrected chi connectivity index (χ1v) is 10.9. The SMILES string of the molecule is CC.CNc1cnc2cc(OC)ccc2c1N(C=O)Cc1ccc(S(N)(=O)=O)cc1. The van der Waals surface area contributed by atoms with E-state index in [1.165, 1.54) is 17.0 Å². The summed E-state index contributed by atoms with van der Waals surface area (Å²) in [6.45, 7) is 4.24. The van der Waals surface area contributed by atoms with Gasteiger partial charge in [0.15, 0.2) is 0 Å². The number of hydrogen-bond donors (Lipinski definition) is 2. The Morgan fingerprint density at radius 3 is 2.37 bits per heavy atom. The number of benzene rings is 2. The number of amides is 1. The minimum Gasteiger partial charge on any atom is -0.497 e. The van der Waals surface area contributed by atoms with Crippen LogP contribution in [0.2, 0.25) is 0 Å². The molecule has 8 nitrogen and oxygen atoms in total. The molecule has 0 radical (unpaired) electrons. The lowest BCUT2D eigenvalue weighted by Crippen LogP contribution is -2.22. The summed E-state index contributed by atoms with van der Waals surface area (Å²) in [6, 6.07) is 11.5. The Bertz CT molecular complexity index is 1120. The fraction of sp³-hybridized carbons (Fsp3) is 0.238. The predicted octanol–water partition coefficient (Wildman–Crippen LogP) is 3.12. The molecular formula is C21H26N4O4S. The summed E-state index contributed by atoms with van der Waals surface area (Å²) in [7, 11) is -0.439. The third-order valence-electron chi connectivity index (χ3n) is 4.34. The van der Waals surface area contributed by atoms with Crippen LogP contribution in [0.3, 0.4) is 0 Å². The first-order valence-electron chi connectivity index (χ1n) is 9.35. The number of ether oxygens (including phenoxy) is 1. The molecule has 3 rings (SSSR count). The number of carbonyl (C=O) groups excluding carboxylic acids is 1. The normalized spacial score (nSPS) is 10.7. The second-order valence-corrected chi connectivity index (χ2v) is 7.64. The van der Waals surface area contributed by atoms with Crippen molar-refractivity contribution in [3.8, 4) is 5.75 Å². The van der Waals surface area contributed by atoms with Crippen LogP contribution in [0.15, 0.2) is 53.6 Å². The van der Waals surface area contributed by atoms with Gasteiger partial charge in [-0.05, 0) is 29.8 Å². The molecule has 0 aliphatic heterocycles. The predicted molar refractivity (Wildman–Crippen MR) is 119 cm³/mol. The summed E-state index contributed by atoms with van der Waals surface area (Å²) < 4.78 is 28.1. The third kappa shape index (κ3) is 5.05. The summed E-state index contributed by atoms with van der Waals surface area (Å²) in [5.41, 5.74) is 2.79. The van der Waals surface area contributed by atoms with Gasteiger partial charge in [0.25, 0.3) is 0 Å². The molecule has 30 heavy (non-hydrogen) atoms. The van der Waals surface area contributed by atoms with Crippen molar-refractivity contribution in [3.05, 3.63) is 54.2 Å². The number of rotatable bonds is 7. The molecule has 0 aliphatic rings. The minimum absolute atomic E-state index is 0.0197. The van der Waals surface area contributed by atoms with E-state index in [1.54, 1.807) is 44.6 Å². The molecule has 3 N–H and O–H groups in total. The Morgan fingerprint density at radius 1 is 1.17 bits per heavy atom. The van der Waals surface area contributed by atoms with Crippen molar-refractivity contribution < 1.29 is 17.9 Å². The standard InChI is InChI=1S/C19H20N4O4S.C2H6/c1-21-18-10-22-17-9-14(27-2)5-8-16(17)19(18)23(12-24)11-13-3-6-15(7-4-13)28(20,25)26;1-2/h3-10,12,21H,11H2,1-2H3,(H2,20,25,26);1-2H3. The molecule has 1 aromatic heterocycles. The van der Waals surface area contributed by atoms with Gasteiger partial charge in [0.05, 0.1) is 41.6 Å². The third-order valence-corrected chi connectivity index (χ3v) is 5.27. The molecule has 1 amide bonds. The van der Waals surface area contributed by atoms with E-state index >= 15 is 0 Å². The van der Waals surface area contributed by atoms with Crippen LogP contribution < -0.4 is 20.1 Å². The molecule has 0 bridgehead atoms. The molecule has 2 aromatic carbocycles. The van der Waals surface area contributed by atoms with Gasteiger partial charge in [0.1, 0.15) is 5.75 Å². The van der Waals surface area contributed by atoms with Gasteiger partial charge >= 0.3 is 0 Å². The van der Waals surface area contributed by atoms with Crippen molar-refractivity contribution in [2.24, 2.45) is 5.14 Å². The average molecular weight is 431 g/mol. The number of nitrogens with one attached hydrogen (secondary N) is 1. The zero-order valence-corrected chi connectivity index (χ0v) is 18.2. The van der Waals surface area contributed by atoms with Crippen molar-refractivity contribution in [3.63, 3.8) is 0 Å². The van der Waals surface area contributed by atoms with Gasteiger partial charge in [-0.25, -0.2) is 13.6 Å². The Kier molecular flexibility index (Phi) is 7.73. The number of primary sulfonamides is 1. The summed E-state index contributed by atoms with van der Waals surface area (Å²) in [4.78, 5) is 17.9. The number of hydrogen-bond acceptors (Lipinski definition) is 6. The van der Waals surface area contributed by atoms with Crippen LogP contribution in [0.1, 0.15) is 19.4 Å². The maximum absolute atomic E-state index is 11.9. The maximum Gasteiger partial charge on any atom is 0.238 e. The van der Waals surface area contributed by atoms with Gasteiger partial charge in [0.2, 0.25) is 16.4 Å². The topological polar surface area (TPSA) is 115 Å². The zero-order valence-electron chi connectivity index (χ0n) is 17.4. The van der Waals surface area contributed by atoms with Crippen LogP contribution in [-0.4, -0.2) is 34.0 Å². The van der Waals surface area contributed by atoms with E-state index in [0.29, 0.717) is 22.6 Å². The van der Waals surface area contributed by atoms with Crippen molar-refractivity contribution in [1.29, 1.82) is 0 Å². The molecule has 3 aromatic rings. The van der Waals surface area contributed by atoms with Gasteiger partial charge in [-0.15, -0.1) is 0 Å². The monoisotopic (exact) mass is 430 g/mol. The Hall–Kier alpha value is -3.17. The number of fused-ring (bicyclic) bond motifs is 1. The Labute approximate surface area is 176 Å². The second kappa shape index (κ2) is 10.0. The number of anilines is 2. The van der Waals surface area contributed by atoms with Gasteiger partial charge in [0, 0.05) is 18.5 Å². The molecule has 0 fully saturated rings. The number of sulfonamides is 1. The first kappa shape index (κ1) is 23.1. The van der Waals surface area contributed by atoms with Gasteiger partial charge in [-0.1, -0.05) is 26.0 Å². The molecular weight excluding hydrogens is 404 g/mol. The van der Waals surface area contributed by atoms with E-state index in [4.69, 9.17) is 9.88 Å². The van der Waals surface area contributed by atoms with E-state index in [2.05, 4.69) is 10.3 Å². The number of methoxy groups -OCH3 is 1. The lowest BCUT2D eigenvalue weighted by molar-refractivity contribution is -0.107. The lowest BCUT2D eigenvalue weighted by atomic mass is 10.1. The smallest absolute Gasteiger partial charge is 0.238 e. The second-order valence-electron chi connectivity index (χ2n) is 6.08. The molecule has 0 spiro atoms. The van der Waals surface area contributed by atoms with E-state index in [9.17, 15) is 13.2 Å². The maximum atomic E-state index is 11.9.